The Morgan fingerprint density at radius 2 is 2.12 bits per heavy atom. The Bertz CT molecular complexity index is 484. The maximum absolute atomic E-state index is 11.4. The lowest BCUT2D eigenvalue weighted by Gasteiger charge is -2.03. The highest BCUT2D eigenvalue weighted by molar-refractivity contribution is 5.91. The molecule has 0 unspecified atom stereocenters. The quantitative estimate of drug-likeness (QED) is 0.467. The maximum atomic E-state index is 11.4. The number of rotatable bonds is 4. The van der Waals surface area contributed by atoms with Crippen LogP contribution < -0.4 is 5.73 Å². The number of amides is 1. The molecule has 0 heterocycles. The smallest absolute Gasteiger partial charge is 0.338 e. The summed E-state index contributed by atoms with van der Waals surface area (Å²) in [5.41, 5.74) is 5.19. The zero-order valence-corrected chi connectivity index (χ0v) is 9.00. The molecular formula is C10H10N2O5. The molecule has 0 aliphatic carbocycles. The summed E-state index contributed by atoms with van der Waals surface area (Å²) in [6, 6.07) is 3.78. The molecule has 0 aromatic heterocycles. The molecule has 17 heavy (non-hydrogen) atoms. The van der Waals surface area contributed by atoms with Gasteiger partial charge in [-0.2, -0.15) is 0 Å². The van der Waals surface area contributed by atoms with Crippen LogP contribution in [0.4, 0.5) is 5.69 Å². The van der Waals surface area contributed by atoms with Gasteiger partial charge in [-0.1, -0.05) is 0 Å². The Kier molecular flexibility index (Phi) is 3.76. The van der Waals surface area contributed by atoms with Gasteiger partial charge >= 0.3 is 5.97 Å². The minimum atomic E-state index is -0.767. The zero-order valence-electron chi connectivity index (χ0n) is 9.00. The van der Waals surface area contributed by atoms with E-state index in [-0.39, 0.29) is 11.3 Å². The first-order valence-corrected chi connectivity index (χ1v) is 4.62. The van der Waals surface area contributed by atoms with Crippen LogP contribution >= 0.6 is 0 Å². The lowest BCUT2D eigenvalue weighted by molar-refractivity contribution is -0.385. The lowest BCUT2D eigenvalue weighted by Crippen LogP contribution is -2.20. The van der Waals surface area contributed by atoms with Crippen molar-refractivity contribution in [3.05, 3.63) is 39.4 Å². The fourth-order valence-corrected chi connectivity index (χ4v) is 1.21. The summed E-state index contributed by atoms with van der Waals surface area (Å²) in [6.45, 7) is 0.984. The molecule has 90 valence electrons. The first-order chi connectivity index (χ1) is 7.91. The van der Waals surface area contributed by atoms with Crippen molar-refractivity contribution in [2.45, 2.75) is 6.92 Å². The second-order valence-electron chi connectivity index (χ2n) is 3.30. The number of nitrogens with zero attached hydrogens (tertiary/aromatic N) is 1. The van der Waals surface area contributed by atoms with Crippen molar-refractivity contribution in [3.63, 3.8) is 0 Å². The van der Waals surface area contributed by atoms with Crippen molar-refractivity contribution in [1.29, 1.82) is 0 Å². The summed E-state index contributed by atoms with van der Waals surface area (Å²) >= 11 is 0. The number of primary amides is 1. The average Bonchev–Trinajstić information content (AvgIpc) is 2.25. The normalized spacial score (nSPS) is 9.71. The molecule has 1 aromatic rings. The van der Waals surface area contributed by atoms with Crippen LogP contribution in [-0.2, 0) is 9.53 Å². The van der Waals surface area contributed by atoms with E-state index >= 15 is 0 Å². The first kappa shape index (κ1) is 12.6. The summed E-state index contributed by atoms with van der Waals surface area (Å²) in [6.07, 6.45) is 0. The van der Waals surface area contributed by atoms with E-state index in [0.717, 1.165) is 0 Å². The standard InChI is InChI=1S/C10H10N2O5/c1-6-4-7(2-3-8(6)12(15)16)10(14)17-5-9(11)13/h2-4H,5H2,1H3,(H2,11,13). The number of benzene rings is 1. The second kappa shape index (κ2) is 5.06. The van der Waals surface area contributed by atoms with Crippen molar-refractivity contribution in [2.24, 2.45) is 5.73 Å². The molecule has 0 saturated carbocycles. The minimum absolute atomic E-state index is 0.0866. The summed E-state index contributed by atoms with van der Waals surface area (Å²) < 4.78 is 4.56. The van der Waals surface area contributed by atoms with E-state index in [1.165, 1.54) is 25.1 Å². The number of nitrogens with two attached hydrogens (primary N) is 1. The van der Waals surface area contributed by atoms with Gasteiger partial charge < -0.3 is 10.5 Å². The highest BCUT2D eigenvalue weighted by atomic mass is 16.6. The predicted octanol–water partition coefficient (Wildman–Crippen LogP) is 0.545. The molecular weight excluding hydrogens is 228 g/mol. The number of aryl methyl sites for hydroxylation is 1. The van der Waals surface area contributed by atoms with Gasteiger partial charge in [0, 0.05) is 11.6 Å². The van der Waals surface area contributed by atoms with Gasteiger partial charge in [0.15, 0.2) is 6.61 Å². The molecule has 7 nitrogen and oxygen atoms in total. The van der Waals surface area contributed by atoms with Crippen LogP contribution in [0.1, 0.15) is 15.9 Å². The molecule has 0 aliphatic heterocycles. The molecule has 7 heteroatoms. The molecule has 1 aromatic carbocycles. The zero-order chi connectivity index (χ0) is 13.0. The van der Waals surface area contributed by atoms with Gasteiger partial charge in [0.2, 0.25) is 0 Å². The van der Waals surface area contributed by atoms with E-state index in [2.05, 4.69) is 4.74 Å². The largest absolute Gasteiger partial charge is 0.452 e. The Morgan fingerprint density at radius 1 is 1.47 bits per heavy atom. The third-order valence-corrected chi connectivity index (χ3v) is 1.97. The number of carbonyl (C=O) groups excluding carboxylic acids is 2. The van der Waals surface area contributed by atoms with E-state index in [1.54, 1.807) is 0 Å². The van der Waals surface area contributed by atoms with Gasteiger partial charge in [0.05, 0.1) is 10.5 Å². The first-order valence-electron chi connectivity index (χ1n) is 4.62. The number of hydrogen-bond acceptors (Lipinski definition) is 5. The van der Waals surface area contributed by atoms with Crippen molar-refractivity contribution in [1.82, 2.24) is 0 Å². The van der Waals surface area contributed by atoms with E-state index in [4.69, 9.17) is 5.73 Å². The van der Waals surface area contributed by atoms with E-state index in [9.17, 15) is 19.7 Å². The predicted molar refractivity (Wildman–Crippen MR) is 57.3 cm³/mol. The van der Waals surface area contributed by atoms with Crippen molar-refractivity contribution >= 4 is 17.6 Å². The Balaban J connectivity index is 2.86. The van der Waals surface area contributed by atoms with Crippen LogP contribution in [0.2, 0.25) is 0 Å². The van der Waals surface area contributed by atoms with Gasteiger partial charge in [0.25, 0.3) is 11.6 Å². The molecule has 0 atom stereocenters. The maximum Gasteiger partial charge on any atom is 0.338 e. The molecule has 0 saturated heterocycles. The van der Waals surface area contributed by atoms with Crippen LogP contribution in [0.3, 0.4) is 0 Å². The summed E-state index contributed by atoms with van der Waals surface area (Å²) in [4.78, 5) is 31.8. The number of nitro benzene ring substituents is 1. The van der Waals surface area contributed by atoms with Crippen LogP contribution in [0, 0.1) is 17.0 Å². The van der Waals surface area contributed by atoms with Gasteiger partial charge in [-0.15, -0.1) is 0 Å². The van der Waals surface area contributed by atoms with E-state index < -0.39 is 23.4 Å². The molecule has 0 radical (unpaired) electrons. The number of esters is 1. The lowest BCUT2D eigenvalue weighted by atomic mass is 10.1. The Labute approximate surface area is 96.3 Å². The molecule has 2 N–H and O–H groups in total. The minimum Gasteiger partial charge on any atom is -0.452 e. The fraction of sp³-hybridized carbons (Fsp3) is 0.200. The van der Waals surface area contributed by atoms with Crippen LogP contribution in [0.25, 0.3) is 0 Å². The third-order valence-electron chi connectivity index (χ3n) is 1.97. The number of carbonyl (C=O) groups is 2. The summed E-state index contributed by atoms with van der Waals surface area (Å²) in [5.74, 6) is -1.52. The van der Waals surface area contributed by atoms with Crippen LogP contribution in [-0.4, -0.2) is 23.4 Å². The highest BCUT2D eigenvalue weighted by Crippen LogP contribution is 2.19. The van der Waals surface area contributed by atoms with E-state index in [1.807, 2.05) is 0 Å². The van der Waals surface area contributed by atoms with E-state index in [0.29, 0.717) is 5.56 Å². The van der Waals surface area contributed by atoms with Crippen molar-refractivity contribution < 1.29 is 19.2 Å². The van der Waals surface area contributed by atoms with Crippen molar-refractivity contribution in [3.8, 4) is 0 Å². The van der Waals surface area contributed by atoms with Gasteiger partial charge in [0.1, 0.15) is 0 Å². The number of nitro groups is 1. The molecule has 0 fully saturated rings. The molecule has 1 rings (SSSR count). The van der Waals surface area contributed by atoms with Gasteiger partial charge in [-0.05, 0) is 19.1 Å². The third kappa shape index (κ3) is 3.26. The molecule has 0 spiro atoms. The summed E-state index contributed by atoms with van der Waals surface area (Å²) in [7, 11) is 0. The highest BCUT2D eigenvalue weighted by Gasteiger charge is 2.14. The second-order valence-corrected chi connectivity index (χ2v) is 3.30. The van der Waals surface area contributed by atoms with Crippen LogP contribution in [0.5, 0.6) is 0 Å². The molecule has 1 amide bonds. The summed E-state index contributed by atoms with van der Waals surface area (Å²) in [5, 5.41) is 10.5. The molecule has 0 bridgehead atoms. The Morgan fingerprint density at radius 3 is 2.59 bits per heavy atom. The number of ether oxygens (including phenoxy) is 1. The molecule has 0 aliphatic rings. The van der Waals surface area contributed by atoms with Gasteiger partial charge in [-0.25, -0.2) is 4.79 Å². The van der Waals surface area contributed by atoms with Crippen LogP contribution in [0.15, 0.2) is 18.2 Å². The monoisotopic (exact) mass is 238 g/mol. The average molecular weight is 238 g/mol. The SMILES string of the molecule is Cc1cc(C(=O)OCC(N)=O)ccc1[N+](=O)[O-]. The van der Waals surface area contributed by atoms with Crippen molar-refractivity contribution in [2.75, 3.05) is 6.61 Å². The fourth-order valence-electron chi connectivity index (χ4n) is 1.21. The van der Waals surface area contributed by atoms with Gasteiger partial charge in [-0.3, -0.25) is 14.9 Å². The number of hydrogen-bond donors (Lipinski definition) is 1. The Hall–Kier alpha value is -2.44. The topological polar surface area (TPSA) is 113 Å².